The van der Waals surface area contributed by atoms with Crippen LogP contribution in [0.15, 0.2) is 0 Å². The van der Waals surface area contributed by atoms with E-state index in [1.807, 2.05) is 6.92 Å². The van der Waals surface area contributed by atoms with Crippen molar-refractivity contribution < 1.29 is 9.47 Å². The smallest absolute Gasteiger partial charge is 0.0619 e. The van der Waals surface area contributed by atoms with Crippen LogP contribution in [0, 0.1) is 0 Å². The molecule has 0 aromatic rings. The van der Waals surface area contributed by atoms with Crippen LogP contribution in [-0.4, -0.2) is 39.0 Å². The molecule has 1 saturated heterocycles. The van der Waals surface area contributed by atoms with E-state index < -0.39 is 0 Å². The number of rotatable bonds is 3. The molecule has 1 rings (SSSR count). The molecule has 1 heterocycles. The highest BCUT2D eigenvalue weighted by molar-refractivity contribution is 4.67. The van der Waals surface area contributed by atoms with Crippen molar-refractivity contribution in [2.45, 2.75) is 32.2 Å². The first-order chi connectivity index (χ1) is 6.43. The van der Waals surface area contributed by atoms with Gasteiger partial charge in [0, 0.05) is 25.9 Å². The lowest BCUT2D eigenvalue weighted by molar-refractivity contribution is 0.115. The van der Waals surface area contributed by atoms with Gasteiger partial charge in [-0.15, -0.1) is 0 Å². The SMILES string of the molecule is CCOCC1CCCOCCCN1. The quantitative estimate of drug-likeness (QED) is 0.719. The summed E-state index contributed by atoms with van der Waals surface area (Å²) in [5, 5.41) is 3.49. The molecule has 1 aliphatic rings. The summed E-state index contributed by atoms with van der Waals surface area (Å²) in [5.41, 5.74) is 0. The van der Waals surface area contributed by atoms with Crippen molar-refractivity contribution in [2.75, 3.05) is 33.0 Å². The van der Waals surface area contributed by atoms with Crippen LogP contribution < -0.4 is 5.32 Å². The van der Waals surface area contributed by atoms with Crippen molar-refractivity contribution in [3.05, 3.63) is 0 Å². The molecule has 3 nitrogen and oxygen atoms in total. The summed E-state index contributed by atoms with van der Waals surface area (Å²) in [5.74, 6) is 0. The fourth-order valence-corrected chi connectivity index (χ4v) is 1.52. The molecule has 1 aliphatic heterocycles. The van der Waals surface area contributed by atoms with E-state index in [1.165, 1.54) is 6.42 Å². The van der Waals surface area contributed by atoms with E-state index in [0.29, 0.717) is 6.04 Å². The van der Waals surface area contributed by atoms with Gasteiger partial charge in [-0.2, -0.15) is 0 Å². The maximum atomic E-state index is 5.43. The molecule has 0 saturated carbocycles. The molecule has 13 heavy (non-hydrogen) atoms. The Kier molecular flexibility index (Phi) is 6.15. The minimum absolute atomic E-state index is 0.529. The molecule has 78 valence electrons. The van der Waals surface area contributed by atoms with Gasteiger partial charge in [-0.1, -0.05) is 0 Å². The largest absolute Gasteiger partial charge is 0.381 e. The van der Waals surface area contributed by atoms with Crippen LogP contribution in [0.25, 0.3) is 0 Å². The summed E-state index contributed by atoms with van der Waals surface area (Å²) >= 11 is 0. The van der Waals surface area contributed by atoms with Crippen LogP contribution in [0.3, 0.4) is 0 Å². The molecule has 0 radical (unpaired) electrons. The first-order valence-corrected chi connectivity index (χ1v) is 5.32. The third kappa shape index (κ3) is 5.24. The van der Waals surface area contributed by atoms with Gasteiger partial charge < -0.3 is 14.8 Å². The van der Waals surface area contributed by atoms with Crippen LogP contribution in [0.4, 0.5) is 0 Å². The normalized spacial score (nSPS) is 26.1. The number of nitrogens with one attached hydrogen (secondary N) is 1. The van der Waals surface area contributed by atoms with Crippen LogP contribution in [0.1, 0.15) is 26.2 Å². The molecule has 0 aromatic heterocycles. The maximum absolute atomic E-state index is 5.43. The van der Waals surface area contributed by atoms with Gasteiger partial charge in [0.05, 0.1) is 6.61 Å². The molecule has 0 spiro atoms. The van der Waals surface area contributed by atoms with Gasteiger partial charge in [0.2, 0.25) is 0 Å². The lowest BCUT2D eigenvalue weighted by atomic mass is 10.2. The summed E-state index contributed by atoms with van der Waals surface area (Å²) in [4.78, 5) is 0. The monoisotopic (exact) mass is 187 g/mol. The van der Waals surface area contributed by atoms with Crippen molar-refractivity contribution in [3.63, 3.8) is 0 Å². The lowest BCUT2D eigenvalue weighted by Gasteiger charge is -2.16. The molecule has 1 unspecified atom stereocenters. The highest BCUT2D eigenvalue weighted by Gasteiger charge is 2.09. The Bertz CT molecular complexity index is 109. The predicted octanol–water partition coefficient (Wildman–Crippen LogP) is 1.18. The Morgan fingerprint density at radius 1 is 1.38 bits per heavy atom. The molecule has 0 aliphatic carbocycles. The van der Waals surface area contributed by atoms with Gasteiger partial charge in [0.15, 0.2) is 0 Å². The Balaban J connectivity index is 2.16. The van der Waals surface area contributed by atoms with Crippen molar-refractivity contribution >= 4 is 0 Å². The van der Waals surface area contributed by atoms with Gasteiger partial charge in [0.1, 0.15) is 0 Å². The van der Waals surface area contributed by atoms with Crippen LogP contribution in [0.2, 0.25) is 0 Å². The lowest BCUT2D eigenvalue weighted by Crippen LogP contribution is -2.34. The number of hydrogen-bond acceptors (Lipinski definition) is 3. The van der Waals surface area contributed by atoms with E-state index in [-0.39, 0.29) is 0 Å². The molecular formula is C10H21NO2. The minimum Gasteiger partial charge on any atom is -0.381 e. The molecule has 0 amide bonds. The number of hydrogen-bond donors (Lipinski definition) is 1. The van der Waals surface area contributed by atoms with Crippen molar-refractivity contribution in [1.29, 1.82) is 0 Å². The third-order valence-electron chi connectivity index (χ3n) is 2.26. The summed E-state index contributed by atoms with van der Waals surface area (Å²) in [6, 6.07) is 0.529. The van der Waals surface area contributed by atoms with Gasteiger partial charge in [0.25, 0.3) is 0 Å². The Morgan fingerprint density at radius 2 is 2.23 bits per heavy atom. The molecule has 0 bridgehead atoms. The fourth-order valence-electron chi connectivity index (χ4n) is 1.52. The van der Waals surface area contributed by atoms with Crippen LogP contribution in [0.5, 0.6) is 0 Å². The fraction of sp³-hybridized carbons (Fsp3) is 1.00. The first kappa shape index (κ1) is 11.0. The minimum atomic E-state index is 0.529. The summed E-state index contributed by atoms with van der Waals surface area (Å²) < 4.78 is 10.8. The Labute approximate surface area is 80.8 Å². The van der Waals surface area contributed by atoms with Crippen molar-refractivity contribution in [3.8, 4) is 0 Å². The average molecular weight is 187 g/mol. The first-order valence-electron chi connectivity index (χ1n) is 5.32. The molecule has 0 aromatic carbocycles. The predicted molar refractivity (Wildman–Crippen MR) is 53.0 cm³/mol. The second-order valence-corrected chi connectivity index (χ2v) is 3.42. The number of ether oxygens (including phenoxy) is 2. The van der Waals surface area contributed by atoms with E-state index in [9.17, 15) is 0 Å². The molecule has 1 atom stereocenters. The van der Waals surface area contributed by atoms with Gasteiger partial charge >= 0.3 is 0 Å². The van der Waals surface area contributed by atoms with Gasteiger partial charge in [-0.25, -0.2) is 0 Å². The zero-order chi connectivity index (χ0) is 9.36. The Morgan fingerprint density at radius 3 is 3.08 bits per heavy atom. The summed E-state index contributed by atoms with van der Waals surface area (Å²) in [7, 11) is 0. The van der Waals surface area contributed by atoms with Crippen molar-refractivity contribution in [2.24, 2.45) is 0 Å². The zero-order valence-electron chi connectivity index (χ0n) is 8.55. The summed E-state index contributed by atoms with van der Waals surface area (Å²) in [6.45, 7) is 6.56. The average Bonchev–Trinajstić information content (AvgIpc) is 2.28. The highest BCUT2D eigenvalue weighted by Crippen LogP contribution is 2.02. The standard InChI is InChI=1S/C10H21NO2/c1-2-12-9-10-5-3-7-13-8-4-6-11-10/h10-11H,2-9H2,1H3. The molecule has 1 N–H and O–H groups in total. The van der Waals surface area contributed by atoms with Crippen LogP contribution >= 0.6 is 0 Å². The highest BCUT2D eigenvalue weighted by atomic mass is 16.5. The summed E-state index contributed by atoms with van der Waals surface area (Å²) in [6.07, 6.45) is 3.42. The zero-order valence-corrected chi connectivity index (χ0v) is 8.55. The van der Waals surface area contributed by atoms with E-state index >= 15 is 0 Å². The maximum Gasteiger partial charge on any atom is 0.0619 e. The second-order valence-electron chi connectivity index (χ2n) is 3.42. The third-order valence-corrected chi connectivity index (χ3v) is 2.26. The van der Waals surface area contributed by atoms with E-state index in [1.54, 1.807) is 0 Å². The van der Waals surface area contributed by atoms with E-state index in [2.05, 4.69) is 5.32 Å². The van der Waals surface area contributed by atoms with Gasteiger partial charge in [-0.05, 0) is 32.7 Å². The van der Waals surface area contributed by atoms with E-state index in [0.717, 1.165) is 45.8 Å². The Hall–Kier alpha value is -0.120. The van der Waals surface area contributed by atoms with Crippen LogP contribution in [-0.2, 0) is 9.47 Å². The van der Waals surface area contributed by atoms with E-state index in [4.69, 9.17) is 9.47 Å². The van der Waals surface area contributed by atoms with Crippen molar-refractivity contribution in [1.82, 2.24) is 5.32 Å². The molecule has 3 heteroatoms. The molecule has 1 fully saturated rings. The van der Waals surface area contributed by atoms with Gasteiger partial charge in [-0.3, -0.25) is 0 Å². The molecular weight excluding hydrogens is 166 g/mol. The topological polar surface area (TPSA) is 30.5 Å². The second kappa shape index (κ2) is 7.30.